The Morgan fingerprint density at radius 1 is 0.263 bits per heavy atom. The van der Waals surface area contributed by atoms with Gasteiger partial charge in [-0.1, -0.05) is 167 Å². The summed E-state index contributed by atoms with van der Waals surface area (Å²) in [6, 6.07) is 36.4. The molecule has 0 unspecified atom stereocenters. The number of ether oxygens (including phenoxy) is 6. The summed E-state index contributed by atoms with van der Waals surface area (Å²) in [6.07, 6.45) is 31.0. The van der Waals surface area contributed by atoms with Crippen molar-refractivity contribution < 1.29 is 47.6 Å². The van der Waals surface area contributed by atoms with Crippen molar-refractivity contribution in [3.05, 3.63) is 156 Å². The average molecular weight is 1030 g/mol. The summed E-state index contributed by atoms with van der Waals surface area (Å²) < 4.78 is 34.3. The molecular formula is C66H80O10. The minimum absolute atomic E-state index is 0.249. The van der Waals surface area contributed by atoms with Crippen LogP contribution in [-0.4, -0.2) is 37.1 Å². The third-order valence-electron chi connectivity index (χ3n) is 13.5. The molecule has 0 aliphatic heterocycles. The number of unbranched alkanes of at least 4 members (excludes halogenated alkanes) is 22. The molecule has 0 aromatic heterocycles. The van der Waals surface area contributed by atoms with Crippen molar-refractivity contribution in [2.75, 3.05) is 13.2 Å². The number of fused-ring (bicyclic) bond motifs is 1. The normalized spacial score (nSPS) is 11.0. The molecule has 6 aromatic rings. The van der Waals surface area contributed by atoms with E-state index in [0.29, 0.717) is 41.2 Å². The molecule has 0 radical (unpaired) electrons. The van der Waals surface area contributed by atoms with E-state index < -0.39 is 23.9 Å². The van der Waals surface area contributed by atoms with E-state index in [-0.39, 0.29) is 28.4 Å². The number of esters is 4. The van der Waals surface area contributed by atoms with Gasteiger partial charge in [0.25, 0.3) is 0 Å². The van der Waals surface area contributed by atoms with Gasteiger partial charge in [-0.25, -0.2) is 19.2 Å². The number of rotatable bonds is 36. The van der Waals surface area contributed by atoms with E-state index in [1.54, 1.807) is 84.9 Å². The standard InChI is InChI=1S/C66H80O10/c1-3-5-7-9-11-13-15-17-19-21-23-25-47-71-57-36-30-52(31-37-57)63(67)73-59-38-34-54(35-39-59)65(69)76-62-42-29-51-27-28-55(49-56(51)50-62)66(70)75-60-40-32-53(33-41-60)64(68)74-61-45-43-58(44-46-61)72-48-26-24-22-20-18-16-14-12-10-8-6-4-2/h27-46,49-50H,3-26,47-48H2,1-2H3. The Balaban J connectivity index is 0.865. The molecule has 76 heavy (non-hydrogen) atoms. The molecule has 6 aromatic carbocycles. The topological polar surface area (TPSA) is 124 Å². The van der Waals surface area contributed by atoms with E-state index in [1.807, 2.05) is 0 Å². The van der Waals surface area contributed by atoms with Gasteiger partial charge in [0.05, 0.1) is 35.5 Å². The Labute approximate surface area is 451 Å². The summed E-state index contributed by atoms with van der Waals surface area (Å²) in [6.45, 7) is 5.81. The number of hydrogen-bond acceptors (Lipinski definition) is 10. The van der Waals surface area contributed by atoms with Crippen LogP contribution in [0, 0.1) is 0 Å². The summed E-state index contributed by atoms with van der Waals surface area (Å²) in [5.41, 5.74) is 1.21. The molecule has 0 amide bonds. The molecule has 0 fully saturated rings. The van der Waals surface area contributed by atoms with E-state index >= 15 is 0 Å². The van der Waals surface area contributed by atoms with Gasteiger partial charge in [-0.2, -0.15) is 0 Å². The maximum absolute atomic E-state index is 13.2. The molecule has 0 saturated heterocycles. The van der Waals surface area contributed by atoms with Crippen LogP contribution in [0.25, 0.3) is 10.8 Å². The van der Waals surface area contributed by atoms with E-state index in [0.717, 1.165) is 36.8 Å². The summed E-state index contributed by atoms with van der Waals surface area (Å²) >= 11 is 0. The van der Waals surface area contributed by atoms with Crippen LogP contribution in [0.4, 0.5) is 0 Å². The van der Waals surface area contributed by atoms with Gasteiger partial charge in [0, 0.05) is 0 Å². The molecule has 10 heteroatoms. The summed E-state index contributed by atoms with van der Waals surface area (Å²) in [5, 5.41) is 1.47. The second kappa shape index (κ2) is 33.9. The van der Waals surface area contributed by atoms with Gasteiger partial charge in [-0.3, -0.25) is 0 Å². The Hall–Kier alpha value is -6.94. The molecule has 0 bridgehead atoms. The highest BCUT2D eigenvalue weighted by molar-refractivity contribution is 5.98. The highest BCUT2D eigenvalue weighted by Crippen LogP contribution is 2.26. The second-order valence-electron chi connectivity index (χ2n) is 19.8. The van der Waals surface area contributed by atoms with Gasteiger partial charge >= 0.3 is 23.9 Å². The fourth-order valence-corrected chi connectivity index (χ4v) is 8.95. The van der Waals surface area contributed by atoms with E-state index in [1.165, 1.54) is 177 Å². The van der Waals surface area contributed by atoms with Crippen LogP contribution in [0.3, 0.4) is 0 Å². The monoisotopic (exact) mass is 1030 g/mol. The van der Waals surface area contributed by atoms with Crippen LogP contribution in [0.5, 0.6) is 34.5 Å². The smallest absolute Gasteiger partial charge is 0.343 e. The van der Waals surface area contributed by atoms with Crippen LogP contribution in [0.2, 0.25) is 0 Å². The van der Waals surface area contributed by atoms with Crippen LogP contribution >= 0.6 is 0 Å². The maximum Gasteiger partial charge on any atom is 0.343 e. The lowest BCUT2D eigenvalue weighted by Crippen LogP contribution is -2.11. The largest absolute Gasteiger partial charge is 0.494 e. The predicted octanol–water partition coefficient (Wildman–Crippen LogP) is 17.9. The molecule has 10 nitrogen and oxygen atoms in total. The van der Waals surface area contributed by atoms with E-state index in [4.69, 9.17) is 28.4 Å². The van der Waals surface area contributed by atoms with Crippen LogP contribution < -0.4 is 28.4 Å². The quantitative estimate of drug-likeness (QED) is 0.0213. The minimum Gasteiger partial charge on any atom is -0.494 e. The van der Waals surface area contributed by atoms with Gasteiger partial charge in [-0.15, -0.1) is 0 Å². The molecule has 6 rings (SSSR count). The molecule has 0 heterocycles. The molecule has 0 aliphatic rings. The molecule has 404 valence electrons. The molecule has 0 spiro atoms. The van der Waals surface area contributed by atoms with Crippen molar-refractivity contribution in [1.29, 1.82) is 0 Å². The van der Waals surface area contributed by atoms with E-state index in [2.05, 4.69) is 13.8 Å². The zero-order valence-corrected chi connectivity index (χ0v) is 45.2. The Morgan fingerprint density at radius 3 is 0.908 bits per heavy atom. The Bertz CT molecular complexity index is 2640. The number of hydrogen-bond donors (Lipinski definition) is 0. The van der Waals surface area contributed by atoms with Gasteiger partial charge in [0.2, 0.25) is 0 Å². The first-order valence-electron chi connectivity index (χ1n) is 28.4. The van der Waals surface area contributed by atoms with Crippen molar-refractivity contribution in [3.63, 3.8) is 0 Å². The fourth-order valence-electron chi connectivity index (χ4n) is 8.95. The van der Waals surface area contributed by atoms with Gasteiger partial charge < -0.3 is 28.4 Å². The van der Waals surface area contributed by atoms with Crippen LogP contribution in [-0.2, 0) is 0 Å². The fraction of sp³-hybridized carbons (Fsp3) is 0.424. The maximum atomic E-state index is 13.2. The van der Waals surface area contributed by atoms with E-state index in [9.17, 15) is 19.2 Å². The first kappa shape index (κ1) is 58.3. The zero-order valence-electron chi connectivity index (χ0n) is 45.2. The molecule has 0 aliphatic carbocycles. The van der Waals surface area contributed by atoms with Crippen molar-refractivity contribution in [3.8, 4) is 34.5 Å². The summed E-state index contributed by atoms with van der Waals surface area (Å²) in [4.78, 5) is 52.2. The summed E-state index contributed by atoms with van der Waals surface area (Å²) in [7, 11) is 0. The highest BCUT2D eigenvalue weighted by Gasteiger charge is 2.16. The molecule has 0 N–H and O–H groups in total. The lowest BCUT2D eigenvalue weighted by molar-refractivity contribution is 0.0719. The van der Waals surface area contributed by atoms with Crippen molar-refractivity contribution in [2.45, 2.75) is 168 Å². The first-order chi connectivity index (χ1) is 37.3. The Morgan fingerprint density at radius 2 is 0.526 bits per heavy atom. The number of carbonyl (C=O) groups excluding carboxylic acids is 4. The summed E-state index contributed by atoms with van der Waals surface area (Å²) in [5.74, 6) is 0.348. The lowest BCUT2D eigenvalue weighted by atomic mass is 10.1. The van der Waals surface area contributed by atoms with Crippen molar-refractivity contribution in [1.82, 2.24) is 0 Å². The van der Waals surface area contributed by atoms with Gasteiger partial charge in [0.1, 0.15) is 34.5 Å². The highest BCUT2D eigenvalue weighted by atomic mass is 16.5. The predicted molar refractivity (Wildman–Crippen MR) is 303 cm³/mol. The number of carbonyl (C=O) groups is 4. The van der Waals surface area contributed by atoms with Crippen molar-refractivity contribution >= 4 is 34.6 Å². The van der Waals surface area contributed by atoms with Crippen LogP contribution in [0.15, 0.2) is 133 Å². The van der Waals surface area contributed by atoms with Gasteiger partial charge in [-0.05, 0) is 145 Å². The molecule has 0 atom stereocenters. The van der Waals surface area contributed by atoms with Crippen molar-refractivity contribution in [2.24, 2.45) is 0 Å². The first-order valence-corrected chi connectivity index (χ1v) is 28.4. The average Bonchev–Trinajstić information content (AvgIpc) is 3.44. The third-order valence-corrected chi connectivity index (χ3v) is 13.5. The molecule has 0 saturated carbocycles. The zero-order chi connectivity index (χ0) is 53.4. The Kier molecular flexibility index (Phi) is 26.0. The van der Waals surface area contributed by atoms with Gasteiger partial charge in [0.15, 0.2) is 0 Å². The number of benzene rings is 6. The third kappa shape index (κ3) is 21.4. The SMILES string of the molecule is CCCCCCCCCCCCCCOc1ccc(OC(=O)c2ccc(OC(=O)c3ccc4ccc(OC(=O)c5ccc(OC(=O)c6ccc(OCCCCCCCCCCCCCC)cc6)cc5)cc4c3)cc2)cc1. The molecular weight excluding hydrogens is 953 g/mol. The second-order valence-corrected chi connectivity index (χ2v) is 19.8. The van der Waals surface area contributed by atoms with Crippen LogP contribution in [0.1, 0.15) is 209 Å². The lowest BCUT2D eigenvalue weighted by Gasteiger charge is -2.09. The minimum atomic E-state index is -0.609.